The quantitative estimate of drug-likeness (QED) is 0.602. The van der Waals surface area contributed by atoms with Crippen LogP contribution in [-0.2, 0) is 19.1 Å². The molecule has 2 atom stereocenters. The zero-order valence-corrected chi connectivity index (χ0v) is 16.2. The smallest absolute Gasteiger partial charge is 0.333 e. The number of methoxy groups -OCH3 is 1. The summed E-state index contributed by atoms with van der Waals surface area (Å²) in [5.74, 6) is -0.891. The second-order valence-electron chi connectivity index (χ2n) is 7.61. The first-order chi connectivity index (χ1) is 12.3. The summed E-state index contributed by atoms with van der Waals surface area (Å²) < 4.78 is 10.7. The number of ether oxygens (including phenoxy) is 2. The number of allylic oxidation sites excluding steroid dienone is 4. The number of hydrogen-bond donors (Lipinski definition) is 1. The highest BCUT2D eigenvalue weighted by molar-refractivity contribution is 5.88. The van der Waals surface area contributed by atoms with Gasteiger partial charge >= 0.3 is 11.9 Å². The van der Waals surface area contributed by atoms with E-state index in [0.29, 0.717) is 36.8 Å². The molecule has 144 valence electrons. The molecule has 1 aliphatic heterocycles. The summed E-state index contributed by atoms with van der Waals surface area (Å²) in [6.07, 6.45) is 9.74. The van der Waals surface area contributed by atoms with E-state index in [4.69, 9.17) is 9.47 Å². The van der Waals surface area contributed by atoms with Gasteiger partial charge < -0.3 is 14.6 Å². The third-order valence-corrected chi connectivity index (χ3v) is 5.39. The number of fused-ring (bicyclic) bond motifs is 1. The molecule has 2 aliphatic rings. The summed E-state index contributed by atoms with van der Waals surface area (Å²) in [7, 11) is 1.39. The molecule has 1 saturated heterocycles. The van der Waals surface area contributed by atoms with Crippen molar-refractivity contribution in [2.24, 2.45) is 5.92 Å². The third kappa shape index (κ3) is 5.31. The molecule has 2 rings (SSSR count). The molecule has 0 aromatic carbocycles. The maximum absolute atomic E-state index is 12.1. The van der Waals surface area contributed by atoms with Gasteiger partial charge in [0.15, 0.2) is 0 Å². The van der Waals surface area contributed by atoms with Crippen LogP contribution >= 0.6 is 0 Å². The molecule has 0 saturated carbocycles. The fourth-order valence-corrected chi connectivity index (χ4v) is 3.43. The highest BCUT2D eigenvalue weighted by Crippen LogP contribution is 2.43. The van der Waals surface area contributed by atoms with Gasteiger partial charge in [-0.05, 0) is 51.4 Å². The van der Waals surface area contributed by atoms with Crippen LogP contribution in [0.4, 0.5) is 0 Å². The van der Waals surface area contributed by atoms with E-state index in [2.05, 4.69) is 20.8 Å². The van der Waals surface area contributed by atoms with E-state index in [1.54, 1.807) is 0 Å². The van der Waals surface area contributed by atoms with Crippen LogP contribution in [-0.4, -0.2) is 35.9 Å². The lowest BCUT2D eigenvalue weighted by Crippen LogP contribution is -2.12. The fourth-order valence-electron chi connectivity index (χ4n) is 3.43. The molecule has 0 radical (unpaired) electrons. The predicted octanol–water partition coefficient (Wildman–Crippen LogP) is 4.19. The second kappa shape index (κ2) is 8.67. The van der Waals surface area contributed by atoms with Crippen molar-refractivity contribution in [1.82, 2.24) is 0 Å². The number of carboxylic acid groups (broad SMARTS) is 1. The largest absolute Gasteiger partial charge is 0.478 e. The Labute approximate surface area is 155 Å². The van der Waals surface area contributed by atoms with Crippen LogP contribution in [0.5, 0.6) is 0 Å². The Hall–Kier alpha value is -1.88. The molecule has 1 N–H and O–H groups in total. The summed E-state index contributed by atoms with van der Waals surface area (Å²) in [6, 6.07) is 0. The van der Waals surface area contributed by atoms with Gasteiger partial charge in [-0.15, -0.1) is 0 Å². The molecule has 5 nitrogen and oxygen atoms in total. The number of aliphatic carboxylic acids is 1. The van der Waals surface area contributed by atoms with E-state index in [9.17, 15) is 14.7 Å². The first kappa shape index (κ1) is 20.4. The average Bonchev–Trinajstić information content (AvgIpc) is 3.23. The Morgan fingerprint density at radius 1 is 1.23 bits per heavy atom. The summed E-state index contributed by atoms with van der Waals surface area (Å²) >= 11 is 0. The maximum Gasteiger partial charge on any atom is 0.333 e. The minimum Gasteiger partial charge on any atom is -0.478 e. The highest BCUT2D eigenvalue weighted by Gasteiger charge is 2.50. The lowest BCUT2D eigenvalue weighted by Gasteiger charge is -2.13. The first-order valence-corrected chi connectivity index (χ1v) is 9.35. The molecule has 1 aliphatic carbocycles. The molecule has 0 spiro atoms. The number of carboxylic acids is 1. The Morgan fingerprint density at radius 3 is 2.58 bits per heavy atom. The Bertz CT molecular complexity index is 641. The van der Waals surface area contributed by atoms with E-state index >= 15 is 0 Å². The van der Waals surface area contributed by atoms with E-state index in [-0.39, 0.29) is 23.6 Å². The van der Waals surface area contributed by atoms with Crippen LogP contribution in [0.25, 0.3) is 0 Å². The lowest BCUT2D eigenvalue weighted by atomic mass is 9.92. The monoisotopic (exact) mass is 362 g/mol. The summed E-state index contributed by atoms with van der Waals surface area (Å²) in [5, 5.41) is 9.46. The molecule has 0 bridgehead atoms. The van der Waals surface area contributed by atoms with Gasteiger partial charge in [-0.2, -0.15) is 0 Å². The summed E-state index contributed by atoms with van der Waals surface area (Å²) in [5.41, 5.74) is 1.99. The molecule has 0 aromatic rings. The maximum atomic E-state index is 12.1. The molecule has 26 heavy (non-hydrogen) atoms. The lowest BCUT2D eigenvalue weighted by molar-refractivity contribution is -0.136. The van der Waals surface area contributed by atoms with Crippen molar-refractivity contribution in [2.75, 3.05) is 7.11 Å². The molecule has 0 amide bonds. The van der Waals surface area contributed by atoms with Gasteiger partial charge in [-0.25, -0.2) is 9.59 Å². The van der Waals surface area contributed by atoms with Gasteiger partial charge in [0.05, 0.1) is 18.8 Å². The molecular weight excluding hydrogens is 332 g/mol. The number of carbonyl (C=O) groups excluding carboxylic acids is 1. The van der Waals surface area contributed by atoms with Gasteiger partial charge in [0.2, 0.25) is 0 Å². The van der Waals surface area contributed by atoms with Gasteiger partial charge in [-0.3, -0.25) is 0 Å². The van der Waals surface area contributed by atoms with Gasteiger partial charge in [0.1, 0.15) is 0 Å². The zero-order chi connectivity index (χ0) is 19.3. The SMILES string of the molecule is COC(=O)C1=CC=C(C(C)C)CC/C(C(=O)O)=C\CC[C@]2(C)O[C@H]2CC1. The van der Waals surface area contributed by atoms with Crippen LogP contribution in [0.2, 0.25) is 0 Å². The van der Waals surface area contributed by atoms with Crippen molar-refractivity contribution in [1.29, 1.82) is 0 Å². The minimum absolute atomic E-state index is 0.105. The molecule has 0 aromatic heterocycles. The van der Waals surface area contributed by atoms with Crippen molar-refractivity contribution in [3.05, 3.63) is 34.9 Å². The fraction of sp³-hybridized carbons (Fsp3) is 0.619. The molecule has 5 heteroatoms. The van der Waals surface area contributed by atoms with Crippen LogP contribution in [0.15, 0.2) is 34.9 Å². The van der Waals surface area contributed by atoms with Crippen LogP contribution in [0.1, 0.15) is 59.3 Å². The number of carbonyl (C=O) groups is 2. The Morgan fingerprint density at radius 2 is 1.96 bits per heavy atom. The zero-order valence-electron chi connectivity index (χ0n) is 16.2. The summed E-state index contributed by atoms with van der Waals surface area (Å²) in [4.78, 5) is 23.6. The van der Waals surface area contributed by atoms with Crippen molar-refractivity contribution in [3.8, 4) is 0 Å². The van der Waals surface area contributed by atoms with Crippen LogP contribution in [0, 0.1) is 5.92 Å². The van der Waals surface area contributed by atoms with E-state index < -0.39 is 5.97 Å². The number of rotatable bonds is 3. The van der Waals surface area contributed by atoms with Gasteiger partial charge in [0, 0.05) is 11.1 Å². The molecule has 0 unspecified atom stereocenters. The van der Waals surface area contributed by atoms with Crippen LogP contribution < -0.4 is 0 Å². The van der Waals surface area contributed by atoms with Gasteiger partial charge in [-0.1, -0.05) is 37.6 Å². The second-order valence-corrected chi connectivity index (χ2v) is 7.61. The van der Waals surface area contributed by atoms with Crippen molar-refractivity contribution in [3.63, 3.8) is 0 Å². The van der Waals surface area contributed by atoms with Gasteiger partial charge in [0.25, 0.3) is 0 Å². The van der Waals surface area contributed by atoms with Crippen molar-refractivity contribution < 1.29 is 24.2 Å². The normalized spacial score (nSPS) is 29.4. The minimum atomic E-state index is -0.857. The first-order valence-electron chi connectivity index (χ1n) is 9.35. The standard InChI is InChI=1S/C21H30O5/c1-14(2)15-7-9-16(19(22)23)6-5-13-21(3)18(26-21)12-11-17(10-8-15)20(24)25-4/h6,8,10,14,18H,5,7,9,11-13H2,1-4H3,(H,22,23)/b15-8?,16-6+,17-10?/t18-,21-/m0/s1. The summed E-state index contributed by atoms with van der Waals surface area (Å²) in [6.45, 7) is 6.21. The van der Waals surface area contributed by atoms with E-state index in [1.165, 1.54) is 7.11 Å². The number of hydrogen-bond acceptors (Lipinski definition) is 4. The Balaban J connectivity index is 2.30. The Kier molecular flexibility index (Phi) is 6.81. The van der Waals surface area contributed by atoms with Crippen LogP contribution in [0.3, 0.4) is 0 Å². The molecular formula is C21H30O5. The average molecular weight is 362 g/mol. The topological polar surface area (TPSA) is 76.1 Å². The van der Waals surface area contributed by atoms with Crippen molar-refractivity contribution in [2.45, 2.75) is 71.0 Å². The highest BCUT2D eigenvalue weighted by atomic mass is 16.6. The van der Waals surface area contributed by atoms with E-state index in [1.807, 2.05) is 18.2 Å². The molecule has 1 heterocycles. The van der Waals surface area contributed by atoms with E-state index in [0.717, 1.165) is 18.4 Å². The molecule has 1 fully saturated rings. The number of epoxide rings is 1. The predicted molar refractivity (Wildman–Crippen MR) is 99.7 cm³/mol. The number of esters is 1. The van der Waals surface area contributed by atoms with Crippen molar-refractivity contribution >= 4 is 11.9 Å². The third-order valence-electron chi connectivity index (χ3n) is 5.39.